The molecule has 0 spiro atoms. The van der Waals surface area contributed by atoms with Crippen LogP contribution in [0.4, 0.5) is 0 Å². The molecule has 86 valence electrons. The Labute approximate surface area is 101 Å². The van der Waals surface area contributed by atoms with E-state index >= 15 is 0 Å². The van der Waals surface area contributed by atoms with Crippen molar-refractivity contribution in [2.45, 2.75) is 19.8 Å². The molecule has 0 saturated heterocycles. The molecule has 0 radical (unpaired) electrons. The third-order valence-electron chi connectivity index (χ3n) is 3.14. The van der Waals surface area contributed by atoms with Crippen molar-refractivity contribution in [3.05, 3.63) is 35.4 Å². The normalized spacial score (nSPS) is 16.9. The van der Waals surface area contributed by atoms with Gasteiger partial charge >= 0.3 is 0 Å². The molecular weight excluding hydrogens is 222 g/mol. The van der Waals surface area contributed by atoms with Crippen LogP contribution in [0.5, 0.6) is 0 Å². The topological polar surface area (TPSA) is 29.1 Å². The lowest BCUT2D eigenvalue weighted by molar-refractivity contribution is 0.0946. The molecule has 1 fully saturated rings. The Kier molecular flexibility index (Phi) is 3.20. The third-order valence-corrected chi connectivity index (χ3v) is 3.71. The average Bonchev–Trinajstić information content (AvgIpc) is 3.07. The van der Waals surface area contributed by atoms with Crippen LogP contribution in [0.25, 0.3) is 0 Å². The zero-order valence-corrected chi connectivity index (χ0v) is 10.2. The summed E-state index contributed by atoms with van der Waals surface area (Å²) in [5.74, 6) is 0.640. The molecule has 0 heterocycles. The van der Waals surface area contributed by atoms with E-state index in [0.29, 0.717) is 12.4 Å². The summed E-state index contributed by atoms with van der Waals surface area (Å²) in [5.41, 5.74) is 2.01. The average molecular weight is 238 g/mol. The summed E-state index contributed by atoms with van der Waals surface area (Å²) in [6.45, 7) is 2.68. The molecule has 0 aliphatic heterocycles. The number of hydrogen-bond donors (Lipinski definition) is 1. The maximum Gasteiger partial charge on any atom is 0.251 e. The minimum atomic E-state index is 0.0000849. The first-order valence-electron chi connectivity index (χ1n) is 5.56. The Morgan fingerprint density at radius 1 is 1.50 bits per heavy atom. The zero-order chi connectivity index (χ0) is 11.6. The van der Waals surface area contributed by atoms with Crippen LogP contribution in [-0.2, 0) is 0 Å². The Bertz CT molecular complexity index is 399. The molecule has 16 heavy (non-hydrogen) atoms. The summed E-state index contributed by atoms with van der Waals surface area (Å²) in [5, 5.41) is 2.96. The minimum absolute atomic E-state index is 0.0000849. The fourth-order valence-electron chi connectivity index (χ4n) is 1.69. The largest absolute Gasteiger partial charge is 0.351 e. The van der Waals surface area contributed by atoms with Gasteiger partial charge in [-0.1, -0.05) is 17.7 Å². The number of aryl methyl sites for hydroxylation is 1. The van der Waals surface area contributed by atoms with Crippen LogP contribution < -0.4 is 5.32 Å². The molecule has 1 aliphatic rings. The molecule has 1 saturated carbocycles. The van der Waals surface area contributed by atoms with Crippen molar-refractivity contribution in [2.75, 3.05) is 12.4 Å². The van der Waals surface area contributed by atoms with E-state index in [1.54, 1.807) is 0 Å². The highest BCUT2D eigenvalue weighted by Crippen LogP contribution is 2.45. The molecule has 0 unspecified atom stereocenters. The lowest BCUT2D eigenvalue weighted by atomic mass is 10.1. The number of nitrogens with one attached hydrogen (secondary N) is 1. The molecule has 0 atom stereocenters. The first-order valence-corrected chi connectivity index (χ1v) is 6.10. The van der Waals surface area contributed by atoms with E-state index in [-0.39, 0.29) is 11.3 Å². The van der Waals surface area contributed by atoms with Crippen LogP contribution in [0.2, 0.25) is 0 Å². The number of rotatable bonds is 4. The van der Waals surface area contributed by atoms with Crippen molar-refractivity contribution in [1.29, 1.82) is 0 Å². The number of amides is 1. The van der Waals surface area contributed by atoms with Gasteiger partial charge in [-0.25, -0.2) is 0 Å². The van der Waals surface area contributed by atoms with Gasteiger partial charge in [0.2, 0.25) is 0 Å². The number of alkyl halides is 1. The molecule has 2 nitrogen and oxygen atoms in total. The van der Waals surface area contributed by atoms with E-state index in [1.165, 1.54) is 0 Å². The maximum absolute atomic E-state index is 11.8. The highest BCUT2D eigenvalue weighted by atomic mass is 35.5. The van der Waals surface area contributed by atoms with Gasteiger partial charge in [0.05, 0.1) is 0 Å². The fraction of sp³-hybridized carbons (Fsp3) is 0.462. The lowest BCUT2D eigenvalue weighted by Gasteiger charge is -2.12. The molecule has 0 bridgehead atoms. The second-order valence-corrected chi connectivity index (χ2v) is 4.95. The second-order valence-electron chi connectivity index (χ2n) is 4.69. The predicted molar refractivity (Wildman–Crippen MR) is 65.9 cm³/mol. The van der Waals surface area contributed by atoms with Crippen LogP contribution >= 0.6 is 11.6 Å². The van der Waals surface area contributed by atoms with Crippen molar-refractivity contribution in [3.8, 4) is 0 Å². The van der Waals surface area contributed by atoms with Gasteiger partial charge in [0.25, 0.3) is 5.91 Å². The molecule has 3 heteroatoms. The van der Waals surface area contributed by atoms with Gasteiger partial charge in [0.15, 0.2) is 0 Å². The highest BCUT2D eigenvalue weighted by molar-refractivity contribution is 6.18. The summed E-state index contributed by atoms with van der Waals surface area (Å²) in [4.78, 5) is 11.8. The molecule has 1 aromatic carbocycles. The van der Waals surface area contributed by atoms with E-state index in [4.69, 9.17) is 11.6 Å². The second kappa shape index (κ2) is 4.46. The van der Waals surface area contributed by atoms with Gasteiger partial charge in [-0.3, -0.25) is 4.79 Å². The summed E-state index contributed by atoms with van der Waals surface area (Å²) < 4.78 is 0. The Hall–Kier alpha value is -1.02. The van der Waals surface area contributed by atoms with E-state index in [9.17, 15) is 4.79 Å². The molecule has 2 rings (SSSR count). The highest BCUT2D eigenvalue weighted by Gasteiger charge is 2.41. The number of halogens is 1. The van der Waals surface area contributed by atoms with Gasteiger partial charge in [-0.2, -0.15) is 0 Å². The minimum Gasteiger partial charge on any atom is -0.351 e. The van der Waals surface area contributed by atoms with Gasteiger partial charge in [0, 0.05) is 23.4 Å². The first-order chi connectivity index (χ1) is 7.65. The van der Waals surface area contributed by atoms with Crippen molar-refractivity contribution in [3.63, 3.8) is 0 Å². The Morgan fingerprint density at radius 3 is 2.81 bits per heavy atom. The molecule has 1 aliphatic carbocycles. The van der Waals surface area contributed by atoms with E-state index in [1.807, 2.05) is 31.2 Å². The fourth-order valence-corrected chi connectivity index (χ4v) is 2.05. The standard InChI is InChI=1S/C13H16ClNO/c1-10-3-2-4-11(7-10)12(16)15-9-13(8-14)5-6-13/h2-4,7H,5-6,8-9H2,1H3,(H,15,16). The van der Waals surface area contributed by atoms with Crippen LogP contribution in [-0.4, -0.2) is 18.3 Å². The van der Waals surface area contributed by atoms with Crippen LogP contribution in [0.15, 0.2) is 24.3 Å². The van der Waals surface area contributed by atoms with Crippen LogP contribution in [0, 0.1) is 12.3 Å². The number of benzene rings is 1. The maximum atomic E-state index is 11.8. The van der Waals surface area contributed by atoms with Crippen molar-refractivity contribution in [1.82, 2.24) is 5.32 Å². The smallest absolute Gasteiger partial charge is 0.251 e. The summed E-state index contributed by atoms with van der Waals surface area (Å²) in [6, 6.07) is 7.62. The Morgan fingerprint density at radius 2 is 2.25 bits per heavy atom. The van der Waals surface area contributed by atoms with E-state index < -0.39 is 0 Å². The SMILES string of the molecule is Cc1cccc(C(=O)NCC2(CCl)CC2)c1. The van der Waals surface area contributed by atoms with Crippen LogP contribution in [0.3, 0.4) is 0 Å². The van der Waals surface area contributed by atoms with Gasteiger partial charge in [0.1, 0.15) is 0 Å². The summed E-state index contributed by atoms with van der Waals surface area (Å²) in [6.07, 6.45) is 2.26. The first kappa shape index (κ1) is 11.5. The lowest BCUT2D eigenvalue weighted by Crippen LogP contribution is -2.30. The van der Waals surface area contributed by atoms with Gasteiger partial charge in [-0.15, -0.1) is 11.6 Å². The van der Waals surface area contributed by atoms with Crippen molar-refractivity contribution >= 4 is 17.5 Å². The van der Waals surface area contributed by atoms with Crippen molar-refractivity contribution in [2.24, 2.45) is 5.41 Å². The Balaban J connectivity index is 1.93. The number of carbonyl (C=O) groups excluding carboxylic acids is 1. The molecule has 1 amide bonds. The van der Waals surface area contributed by atoms with Crippen LogP contribution in [0.1, 0.15) is 28.8 Å². The molecular formula is C13H16ClNO. The predicted octanol–water partition coefficient (Wildman–Crippen LogP) is 2.74. The summed E-state index contributed by atoms with van der Waals surface area (Å²) >= 11 is 5.86. The van der Waals surface area contributed by atoms with E-state index in [0.717, 1.165) is 24.0 Å². The molecule has 1 aromatic rings. The number of carbonyl (C=O) groups is 1. The third kappa shape index (κ3) is 2.56. The quantitative estimate of drug-likeness (QED) is 0.802. The van der Waals surface area contributed by atoms with Crippen molar-refractivity contribution < 1.29 is 4.79 Å². The monoisotopic (exact) mass is 237 g/mol. The van der Waals surface area contributed by atoms with Gasteiger partial charge < -0.3 is 5.32 Å². The molecule has 0 aromatic heterocycles. The molecule has 1 N–H and O–H groups in total. The van der Waals surface area contributed by atoms with Gasteiger partial charge in [-0.05, 0) is 31.9 Å². The summed E-state index contributed by atoms with van der Waals surface area (Å²) in [7, 11) is 0. The van der Waals surface area contributed by atoms with E-state index in [2.05, 4.69) is 5.32 Å². The number of hydrogen-bond acceptors (Lipinski definition) is 1. The zero-order valence-electron chi connectivity index (χ0n) is 9.42.